The van der Waals surface area contributed by atoms with Crippen molar-refractivity contribution in [3.63, 3.8) is 0 Å². The zero-order valence-electron chi connectivity index (χ0n) is 11.4. The summed E-state index contributed by atoms with van der Waals surface area (Å²) in [5, 5.41) is 4.36. The first kappa shape index (κ1) is 13.9. The normalized spacial score (nSPS) is 12.1. The Morgan fingerprint density at radius 1 is 1.53 bits per heavy atom. The summed E-state index contributed by atoms with van der Waals surface area (Å²) in [7, 11) is 0. The van der Waals surface area contributed by atoms with Gasteiger partial charge in [-0.1, -0.05) is 0 Å². The summed E-state index contributed by atoms with van der Waals surface area (Å²) in [5.74, 6) is 0.0633. The molecule has 0 aromatic carbocycles. The second kappa shape index (κ2) is 5.45. The largest absolute Gasteiger partial charge is 0.368 e. The lowest BCUT2D eigenvalue weighted by molar-refractivity contribution is -0.139. The molecular formula is C13H22N2O2. The van der Waals surface area contributed by atoms with Crippen molar-refractivity contribution in [2.45, 2.75) is 52.7 Å². The molecule has 17 heavy (non-hydrogen) atoms. The number of ketones is 1. The fraction of sp³-hybridized carbons (Fsp3) is 0.692. The Balaban J connectivity index is 2.67. The van der Waals surface area contributed by atoms with E-state index in [0.29, 0.717) is 19.1 Å². The van der Waals surface area contributed by atoms with Crippen molar-refractivity contribution in [2.75, 3.05) is 6.61 Å². The van der Waals surface area contributed by atoms with Gasteiger partial charge in [-0.2, -0.15) is 5.10 Å². The Kier molecular flexibility index (Phi) is 4.46. The maximum atomic E-state index is 12.0. The fourth-order valence-corrected chi connectivity index (χ4v) is 1.58. The van der Waals surface area contributed by atoms with E-state index in [4.69, 9.17) is 4.74 Å². The number of rotatable bonds is 6. The van der Waals surface area contributed by atoms with E-state index in [9.17, 15) is 4.79 Å². The minimum Gasteiger partial charge on any atom is -0.368 e. The highest BCUT2D eigenvalue weighted by Gasteiger charge is 2.28. The summed E-state index contributed by atoms with van der Waals surface area (Å²) in [5.41, 5.74) is 0.0765. The molecule has 0 unspecified atom stereocenters. The number of Topliss-reactive ketones (excluding diaryl/α,β-unsaturated/α-hetero) is 1. The summed E-state index contributed by atoms with van der Waals surface area (Å²) >= 11 is 0. The molecule has 0 radical (unpaired) electrons. The molecule has 0 aliphatic heterocycles. The number of hydrogen-bond acceptors (Lipinski definition) is 3. The topological polar surface area (TPSA) is 44.1 Å². The summed E-state index contributed by atoms with van der Waals surface area (Å²) in [4.78, 5) is 12.0. The predicted octanol–water partition coefficient (Wildman–Crippen LogP) is 2.39. The van der Waals surface area contributed by atoms with Gasteiger partial charge in [-0.05, 0) is 40.7 Å². The summed E-state index contributed by atoms with van der Waals surface area (Å²) < 4.78 is 7.29. The molecule has 96 valence electrons. The SMILES string of the molecule is CCOC(C)(C)C(=O)Cc1ccn(C(C)C)n1. The summed E-state index contributed by atoms with van der Waals surface area (Å²) in [6, 6.07) is 2.21. The molecule has 0 aliphatic rings. The fourth-order valence-electron chi connectivity index (χ4n) is 1.58. The zero-order chi connectivity index (χ0) is 13.1. The van der Waals surface area contributed by atoms with Gasteiger partial charge >= 0.3 is 0 Å². The maximum absolute atomic E-state index is 12.0. The van der Waals surface area contributed by atoms with Gasteiger partial charge in [-0.15, -0.1) is 0 Å². The van der Waals surface area contributed by atoms with Crippen LogP contribution in [-0.4, -0.2) is 27.8 Å². The number of aromatic nitrogens is 2. The van der Waals surface area contributed by atoms with Gasteiger partial charge in [-0.3, -0.25) is 9.48 Å². The lowest BCUT2D eigenvalue weighted by Gasteiger charge is -2.22. The van der Waals surface area contributed by atoms with Gasteiger partial charge in [0.2, 0.25) is 0 Å². The van der Waals surface area contributed by atoms with E-state index in [-0.39, 0.29) is 5.78 Å². The van der Waals surface area contributed by atoms with Crippen molar-refractivity contribution < 1.29 is 9.53 Å². The van der Waals surface area contributed by atoms with Gasteiger partial charge in [-0.25, -0.2) is 0 Å². The molecule has 4 heteroatoms. The third-order valence-electron chi connectivity index (χ3n) is 2.71. The van der Waals surface area contributed by atoms with Crippen molar-refractivity contribution in [2.24, 2.45) is 0 Å². The van der Waals surface area contributed by atoms with Crippen molar-refractivity contribution >= 4 is 5.78 Å². The van der Waals surface area contributed by atoms with Crippen LogP contribution in [0.5, 0.6) is 0 Å². The van der Waals surface area contributed by atoms with Crippen LogP contribution in [0.25, 0.3) is 0 Å². The van der Waals surface area contributed by atoms with Crippen LogP contribution in [-0.2, 0) is 16.0 Å². The van der Waals surface area contributed by atoms with Crippen LogP contribution in [0.4, 0.5) is 0 Å². The second-order valence-electron chi connectivity index (χ2n) is 4.92. The van der Waals surface area contributed by atoms with Crippen molar-refractivity contribution in [1.82, 2.24) is 9.78 Å². The quantitative estimate of drug-likeness (QED) is 0.764. The van der Waals surface area contributed by atoms with Gasteiger partial charge in [0.25, 0.3) is 0 Å². The van der Waals surface area contributed by atoms with Crippen LogP contribution in [0, 0.1) is 0 Å². The predicted molar refractivity (Wildman–Crippen MR) is 67.0 cm³/mol. The molecule has 0 N–H and O–H groups in total. The Hall–Kier alpha value is -1.16. The third-order valence-corrected chi connectivity index (χ3v) is 2.71. The van der Waals surface area contributed by atoms with Gasteiger partial charge in [0.1, 0.15) is 5.60 Å². The zero-order valence-corrected chi connectivity index (χ0v) is 11.4. The molecule has 1 aromatic rings. The molecule has 4 nitrogen and oxygen atoms in total. The molecule has 1 heterocycles. The molecule has 0 saturated heterocycles. The molecule has 0 aliphatic carbocycles. The van der Waals surface area contributed by atoms with Gasteiger partial charge in [0, 0.05) is 18.8 Å². The number of ether oxygens (including phenoxy) is 1. The van der Waals surface area contributed by atoms with Gasteiger partial charge in [0.05, 0.1) is 12.1 Å². The number of hydrogen-bond donors (Lipinski definition) is 0. The highest BCUT2D eigenvalue weighted by atomic mass is 16.5. The van der Waals surface area contributed by atoms with E-state index in [1.807, 2.05) is 23.9 Å². The number of nitrogens with zero attached hydrogens (tertiary/aromatic N) is 2. The maximum Gasteiger partial charge on any atom is 0.170 e. The molecule has 0 bridgehead atoms. The Morgan fingerprint density at radius 2 is 2.18 bits per heavy atom. The molecule has 0 saturated carbocycles. The van der Waals surface area contributed by atoms with Crippen molar-refractivity contribution in [3.8, 4) is 0 Å². The van der Waals surface area contributed by atoms with E-state index in [1.165, 1.54) is 0 Å². The van der Waals surface area contributed by atoms with Gasteiger partial charge < -0.3 is 4.74 Å². The molecule has 1 aromatic heterocycles. The molecule has 0 atom stereocenters. The first-order valence-electron chi connectivity index (χ1n) is 6.08. The van der Waals surface area contributed by atoms with Crippen LogP contribution in [0.1, 0.15) is 46.4 Å². The van der Waals surface area contributed by atoms with E-state index in [1.54, 1.807) is 13.8 Å². The Labute approximate surface area is 103 Å². The first-order chi connectivity index (χ1) is 7.86. The van der Waals surface area contributed by atoms with Crippen LogP contribution < -0.4 is 0 Å². The molecule has 1 rings (SSSR count). The van der Waals surface area contributed by atoms with Crippen LogP contribution in [0.2, 0.25) is 0 Å². The standard InChI is InChI=1S/C13H22N2O2/c1-6-17-13(4,5)12(16)9-11-7-8-15(14-11)10(2)3/h7-8,10H,6,9H2,1-5H3. The number of carbonyl (C=O) groups is 1. The van der Waals surface area contributed by atoms with E-state index in [2.05, 4.69) is 18.9 Å². The van der Waals surface area contributed by atoms with E-state index >= 15 is 0 Å². The smallest absolute Gasteiger partial charge is 0.170 e. The summed E-state index contributed by atoms with van der Waals surface area (Å²) in [6.07, 6.45) is 2.23. The Bertz CT molecular complexity index is 381. The minimum absolute atomic E-state index is 0.0633. The van der Waals surface area contributed by atoms with E-state index in [0.717, 1.165) is 5.69 Å². The molecule has 0 spiro atoms. The minimum atomic E-state index is -0.726. The first-order valence-corrected chi connectivity index (χ1v) is 6.08. The highest BCUT2D eigenvalue weighted by Crippen LogP contribution is 2.14. The third kappa shape index (κ3) is 3.66. The van der Waals surface area contributed by atoms with Crippen molar-refractivity contribution in [3.05, 3.63) is 18.0 Å². The monoisotopic (exact) mass is 238 g/mol. The highest BCUT2D eigenvalue weighted by molar-refractivity contribution is 5.88. The van der Waals surface area contributed by atoms with Gasteiger partial charge in [0.15, 0.2) is 5.78 Å². The van der Waals surface area contributed by atoms with Crippen LogP contribution >= 0.6 is 0 Å². The van der Waals surface area contributed by atoms with E-state index < -0.39 is 5.60 Å². The molecule has 0 fully saturated rings. The second-order valence-corrected chi connectivity index (χ2v) is 4.92. The molecular weight excluding hydrogens is 216 g/mol. The lowest BCUT2D eigenvalue weighted by Crippen LogP contribution is -2.36. The lowest BCUT2D eigenvalue weighted by atomic mass is 9.99. The van der Waals surface area contributed by atoms with Crippen LogP contribution in [0.3, 0.4) is 0 Å². The summed E-state index contributed by atoms with van der Waals surface area (Å²) in [6.45, 7) is 10.2. The van der Waals surface area contributed by atoms with Crippen molar-refractivity contribution in [1.29, 1.82) is 0 Å². The average molecular weight is 238 g/mol. The Morgan fingerprint density at radius 3 is 2.65 bits per heavy atom. The van der Waals surface area contributed by atoms with Crippen LogP contribution in [0.15, 0.2) is 12.3 Å². The average Bonchev–Trinajstić information content (AvgIpc) is 2.66. The number of carbonyl (C=O) groups excluding carboxylic acids is 1. The molecule has 0 amide bonds.